The van der Waals surface area contributed by atoms with Crippen LogP contribution in [-0.2, 0) is 0 Å². The van der Waals surface area contributed by atoms with E-state index in [1.165, 1.54) is 12.1 Å². The predicted octanol–water partition coefficient (Wildman–Crippen LogP) is 5.27. The minimum atomic E-state index is -0.348. The minimum Gasteiger partial charge on any atom is -0.295 e. The summed E-state index contributed by atoms with van der Waals surface area (Å²) in [5, 5.41) is 7.42. The van der Waals surface area contributed by atoms with Gasteiger partial charge in [0.15, 0.2) is 0 Å². The van der Waals surface area contributed by atoms with Crippen molar-refractivity contribution in [2.24, 2.45) is 0 Å². The van der Waals surface area contributed by atoms with E-state index < -0.39 is 0 Å². The zero-order valence-corrected chi connectivity index (χ0v) is 15.8. The number of carbonyl (C=O) groups is 1. The second-order valence-corrected chi connectivity index (χ2v) is 7.19. The quantitative estimate of drug-likeness (QED) is 0.524. The average Bonchev–Trinajstić information content (AvgIpc) is 3.29. The number of H-pyrrole nitrogens is 1. The molecule has 4 aromatic rings. The molecular weight excluding hydrogens is 365 g/mol. The van der Waals surface area contributed by atoms with Crippen LogP contribution in [0.4, 0.5) is 10.1 Å². The summed E-state index contributed by atoms with van der Waals surface area (Å²) in [7, 11) is 0. The topological polar surface area (TPSA) is 49.0 Å². The number of nitrogens with zero attached hydrogens (tertiary/aromatic N) is 2. The number of hydrogen-bond donors (Lipinski definition) is 1. The Morgan fingerprint density at radius 1 is 0.931 bits per heavy atom. The van der Waals surface area contributed by atoms with Crippen molar-refractivity contribution in [3.8, 4) is 11.3 Å². The first-order chi connectivity index (χ1) is 14.1. The van der Waals surface area contributed by atoms with Crippen LogP contribution in [0, 0.1) is 12.7 Å². The standard InChI is InChI=1S/C24H18FN3O/c1-15-7-9-16(10-8-15)21-20-22(27-26-21)24(29)28(19-13-11-18(25)12-14-19)23(20)17-5-3-2-4-6-17/h2-14,23H,1H3,(H,26,27)/t23-/m0/s1. The van der Waals surface area contributed by atoms with E-state index in [1.807, 2.05) is 61.5 Å². The lowest BCUT2D eigenvalue weighted by atomic mass is 9.95. The molecule has 0 radical (unpaired) electrons. The highest BCUT2D eigenvalue weighted by Gasteiger charge is 2.42. The SMILES string of the molecule is Cc1ccc(-c2n[nH]c3c2[C@H](c2ccccc2)N(c2ccc(F)cc2)C3=O)cc1. The van der Waals surface area contributed by atoms with E-state index in [1.54, 1.807) is 17.0 Å². The number of aryl methyl sites for hydroxylation is 1. The van der Waals surface area contributed by atoms with Gasteiger partial charge in [-0.25, -0.2) is 4.39 Å². The molecule has 1 atom stereocenters. The smallest absolute Gasteiger partial charge is 0.277 e. The summed E-state index contributed by atoms with van der Waals surface area (Å²) >= 11 is 0. The highest BCUT2D eigenvalue weighted by molar-refractivity contribution is 6.11. The van der Waals surface area contributed by atoms with Crippen molar-refractivity contribution in [2.75, 3.05) is 4.90 Å². The maximum atomic E-state index is 13.5. The van der Waals surface area contributed by atoms with Crippen molar-refractivity contribution >= 4 is 11.6 Å². The molecule has 1 aliphatic rings. The van der Waals surface area contributed by atoms with Crippen LogP contribution in [0.1, 0.15) is 33.2 Å². The molecule has 2 heterocycles. The van der Waals surface area contributed by atoms with Gasteiger partial charge in [-0.3, -0.25) is 14.8 Å². The van der Waals surface area contributed by atoms with Gasteiger partial charge in [-0.15, -0.1) is 0 Å². The molecule has 0 aliphatic carbocycles. The van der Waals surface area contributed by atoms with Crippen molar-refractivity contribution in [2.45, 2.75) is 13.0 Å². The second-order valence-electron chi connectivity index (χ2n) is 7.19. The molecule has 4 nitrogen and oxygen atoms in total. The predicted molar refractivity (Wildman–Crippen MR) is 110 cm³/mol. The lowest BCUT2D eigenvalue weighted by Crippen LogP contribution is -2.29. The number of carbonyl (C=O) groups excluding carboxylic acids is 1. The Hall–Kier alpha value is -3.73. The zero-order valence-electron chi connectivity index (χ0n) is 15.8. The number of benzene rings is 3. The molecule has 0 bridgehead atoms. The molecule has 5 rings (SSSR count). The molecule has 0 spiro atoms. The van der Waals surface area contributed by atoms with E-state index in [-0.39, 0.29) is 17.8 Å². The van der Waals surface area contributed by atoms with Crippen LogP contribution in [-0.4, -0.2) is 16.1 Å². The van der Waals surface area contributed by atoms with Gasteiger partial charge in [0.25, 0.3) is 5.91 Å². The molecule has 3 aromatic carbocycles. The van der Waals surface area contributed by atoms with Gasteiger partial charge in [-0.1, -0.05) is 60.2 Å². The molecule has 5 heteroatoms. The fourth-order valence-corrected chi connectivity index (χ4v) is 3.90. The number of fused-ring (bicyclic) bond motifs is 1. The summed E-state index contributed by atoms with van der Waals surface area (Å²) < 4.78 is 13.5. The Morgan fingerprint density at radius 2 is 1.62 bits per heavy atom. The van der Waals surface area contributed by atoms with Crippen LogP contribution in [0.2, 0.25) is 0 Å². The molecule has 29 heavy (non-hydrogen) atoms. The van der Waals surface area contributed by atoms with E-state index >= 15 is 0 Å². The van der Waals surface area contributed by atoms with Crippen LogP contribution in [0.25, 0.3) is 11.3 Å². The Labute approximate surface area is 167 Å². The van der Waals surface area contributed by atoms with Crippen molar-refractivity contribution in [1.29, 1.82) is 0 Å². The number of nitrogens with one attached hydrogen (secondary N) is 1. The Morgan fingerprint density at radius 3 is 2.31 bits per heavy atom. The Kier molecular flexibility index (Phi) is 4.02. The van der Waals surface area contributed by atoms with E-state index in [0.29, 0.717) is 11.4 Å². The lowest BCUT2D eigenvalue weighted by Gasteiger charge is -2.26. The van der Waals surface area contributed by atoms with Gasteiger partial charge in [0.05, 0.1) is 11.7 Å². The zero-order chi connectivity index (χ0) is 20.0. The summed E-state index contributed by atoms with van der Waals surface area (Å²) in [6.45, 7) is 2.03. The highest BCUT2D eigenvalue weighted by Crippen LogP contribution is 2.44. The average molecular weight is 383 g/mol. The number of hydrogen-bond acceptors (Lipinski definition) is 2. The fraction of sp³-hybridized carbons (Fsp3) is 0.0833. The van der Waals surface area contributed by atoms with Gasteiger partial charge in [-0.2, -0.15) is 5.10 Å². The third-order valence-electron chi connectivity index (χ3n) is 5.31. The van der Waals surface area contributed by atoms with Crippen LogP contribution in [0.3, 0.4) is 0 Å². The van der Waals surface area contributed by atoms with Crippen LogP contribution in [0.5, 0.6) is 0 Å². The van der Waals surface area contributed by atoms with Gasteiger partial charge < -0.3 is 0 Å². The van der Waals surface area contributed by atoms with Crippen molar-refractivity contribution < 1.29 is 9.18 Å². The van der Waals surface area contributed by atoms with Gasteiger partial charge in [0.2, 0.25) is 0 Å². The third kappa shape index (κ3) is 2.83. The molecule has 0 fully saturated rings. The second kappa shape index (κ2) is 6.71. The first-order valence-electron chi connectivity index (χ1n) is 9.43. The normalized spacial score (nSPS) is 15.6. The molecule has 1 aliphatic heterocycles. The van der Waals surface area contributed by atoms with Gasteiger partial charge >= 0.3 is 0 Å². The summed E-state index contributed by atoms with van der Waals surface area (Å²) in [6.07, 6.45) is 0. The number of aromatic nitrogens is 2. The van der Waals surface area contributed by atoms with Crippen LogP contribution >= 0.6 is 0 Å². The Bertz CT molecular complexity index is 1180. The Balaban J connectivity index is 1.71. The first-order valence-corrected chi connectivity index (χ1v) is 9.43. The number of amides is 1. The molecule has 0 unspecified atom stereocenters. The highest BCUT2D eigenvalue weighted by atomic mass is 19.1. The van der Waals surface area contributed by atoms with Gasteiger partial charge in [0, 0.05) is 16.8 Å². The third-order valence-corrected chi connectivity index (χ3v) is 5.31. The molecule has 0 saturated carbocycles. The number of anilines is 1. The molecular formula is C24H18FN3O. The van der Waals surface area contributed by atoms with Crippen molar-refractivity contribution in [1.82, 2.24) is 10.2 Å². The first kappa shape index (κ1) is 17.4. The molecule has 1 amide bonds. The molecule has 0 saturated heterocycles. The van der Waals surface area contributed by atoms with E-state index in [4.69, 9.17) is 0 Å². The molecule has 142 valence electrons. The van der Waals surface area contributed by atoms with E-state index in [9.17, 15) is 9.18 Å². The largest absolute Gasteiger partial charge is 0.295 e. The van der Waals surface area contributed by atoms with Gasteiger partial charge in [-0.05, 0) is 36.8 Å². The van der Waals surface area contributed by atoms with Crippen LogP contribution < -0.4 is 4.90 Å². The van der Waals surface area contributed by atoms with Gasteiger partial charge in [0.1, 0.15) is 11.5 Å². The monoisotopic (exact) mass is 383 g/mol. The summed E-state index contributed by atoms with van der Waals surface area (Å²) in [5.41, 5.74) is 5.79. The maximum absolute atomic E-state index is 13.5. The minimum absolute atomic E-state index is 0.175. The number of rotatable bonds is 3. The lowest BCUT2D eigenvalue weighted by molar-refractivity contribution is 0.0988. The fourth-order valence-electron chi connectivity index (χ4n) is 3.90. The van der Waals surface area contributed by atoms with Crippen LogP contribution in [0.15, 0.2) is 78.9 Å². The maximum Gasteiger partial charge on any atom is 0.277 e. The molecule has 1 aromatic heterocycles. The van der Waals surface area contributed by atoms with E-state index in [2.05, 4.69) is 10.2 Å². The van der Waals surface area contributed by atoms with Crippen molar-refractivity contribution in [3.63, 3.8) is 0 Å². The van der Waals surface area contributed by atoms with Crippen molar-refractivity contribution in [3.05, 3.63) is 107 Å². The van der Waals surface area contributed by atoms with E-state index in [0.717, 1.165) is 27.9 Å². The molecule has 1 N–H and O–H groups in total. The summed E-state index contributed by atoms with van der Waals surface area (Å²) in [6, 6.07) is 23.6. The summed E-state index contributed by atoms with van der Waals surface area (Å²) in [5.74, 6) is -0.511. The summed E-state index contributed by atoms with van der Waals surface area (Å²) in [4.78, 5) is 15.0. The number of halogens is 1. The number of aromatic amines is 1.